The number of aromatic nitrogens is 4. The van der Waals surface area contributed by atoms with Gasteiger partial charge in [-0.3, -0.25) is 10.1 Å². The van der Waals surface area contributed by atoms with Gasteiger partial charge >= 0.3 is 0 Å². The highest BCUT2D eigenvalue weighted by atomic mass is 32.1. The fourth-order valence-corrected chi connectivity index (χ4v) is 3.11. The molecule has 0 aliphatic carbocycles. The zero-order valence-electron chi connectivity index (χ0n) is 14.4. The third-order valence-corrected chi connectivity index (χ3v) is 4.59. The van der Waals surface area contributed by atoms with E-state index >= 15 is 0 Å². The molecule has 3 aromatic rings. The second-order valence-electron chi connectivity index (χ2n) is 5.92. The van der Waals surface area contributed by atoms with Crippen LogP contribution in [0.15, 0.2) is 36.7 Å². The van der Waals surface area contributed by atoms with Crippen LogP contribution >= 0.6 is 11.3 Å². The van der Waals surface area contributed by atoms with Crippen molar-refractivity contribution in [3.63, 3.8) is 0 Å². The molecule has 0 saturated carbocycles. The van der Waals surface area contributed by atoms with Gasteiger partial charge in [0, 0.05) is 38.0 Å². The largest absolute Gasteiger partial charge is 0.334 e. The lowest BCUT2D eigenvalue weighted by atomic mass is 10.1. The highest BCUT2D eigenvalue weighted by Gasteiger charge is 2.16. The molecule has 0 radical (unpaired) electrons. The van der Waals surface area contributed by atoms with E-state index in [4.69, 9.17) is 0 Å². The van der Waals surface area contributed by atoms with Crippen molar-refractivity contribution in [2.75, 3.05) is 26.0 Å². The molecular formula is C17H20N6OS. The van der Waals surface area contributed by atoms with E-state index in [9.17, 15) is 4.79 Å². The fraction of sp³-hybridized carbons (Fsp3) is 0.294. The topological polar surface area (TPSA) is 75.9 Å². The van der Waals surface area contributed by atoms with E-state index in [-0.39, 0.29) is 5.91 Å². The van der Waals surface area contributed by atoms with Gasteiger partial charge in [-0.15, -0.1) is 10.2 Å². The van der Waals surface area contributed by atoms with E-state index < -0.39 is 0 Å². The van der Waals surface area contributed by atoms with Gasteiger partial charge in [-0.25, -0.2) is 4.98 Å². The Kier molecular flexibility index (Phi) is 5.20. The van der Waals surface area contributed by atoms with Crippen molar-refractivity contribution in [2.45, 2.75) is 6.42 Å². The minimum absolute atomic E-state index is 0.214. The summed E-state index contributed by atoms with van der Waals surface area (Å²) >= 11 is 1.40. The molecular weight excluding hydrogens is 336 g/mol. The minimum Gasteiger partial charge on any atom is -0.334 e. The quantitative estimate of drug-likeness (QED) is 0.733. The number of nitrogens with zero attached hydrogens (tertiary/aromatic N) is 5. The summed E-state index contributed by atoms with van der Waals surface area (Å²) in [6.07, 6.45) is 4.38. The summed E-state index contributed by atoms with van der Waals surface area (Å²) in [6.45, 7) is 0.893. The molecule has 0 saturated heterocycles. The maximum atomic E-state index is 12.7. The van der Waals surface area contributed by atoms with Gasteiger partial charge in [0.25, 0.3) is 5.91 Å². The number of rotatable bonds is 6. The zero-order valence-corrected chi connectivity index (χ0v) is 15.2. The monoisotopic (exact) mass is 356 g/mol. The van der Waals surface area contributed by atoms with Crippen LogP contribution in [0, 0.1) is 0 Å². The Morgan fingerprint density at radius 1 is 1.28 bits per heavy atom. The van der Waals surface area contributed by atoms with Gasteiger partial charge in [-0.05, 0) is 20.2 Å². The minimum atomic E-state index is -0.214. The van der Waals surface area contributed by atoms with E-state index in [1.807, 2.05) is 50.1 Å². The molecule has 1 amide bonds. The summed E-state index contributed by atoms with van der Waals surface area (Å²) in [5.74, 6) is 0.531. The molecule has 2 aromatic heterocycles. The number of nitrogens with one attached hydrogen (secondary N) is 1. The predicted molar refractivity (Wildman–Crippen MR) is 98.8 cm³/mol. The number of imidazole rings is 1. The molecule has 130 valence electrons. The summed E-state index contributed by atoms with van der Waals surface area (Å²) in [5, 5.41) is 12.5. The van der Waals surface area contributed by atoms with Gasteiger partial charge in [0.15, 0.2) is 0 Å². The maximum Gasteiger partial charge on any atom is 0.258 e. The van der Waals surface area contributed by atoms with Crippen molar-refractivity contribution in [3.05, 3.63) is 47.2 Å². The van der Waals surface area contributed by atoms with E-state index in [1.54, 1.807) is 12.3 Å². The average Bonchev–Trinajstić information content (AvgIpc) is 3.21. The standard InChI is InChI=1S/C17H20N6OS/c1-22(2)10-8-14-20-21-17(25-14)19-16(24)13-7-5-4-6-12(13)15-18-9-11-23(15)3/h4-7,9,11H,8,10H2,1-3H3,(H,19,21,24). The lowest BCUT2D eigenvalue weighted by Gasteiger charge is -2.08. The second-order valence-corrected chi connectivity index (χ2v) is 6.98. The maximum absolute atomic E-state index is 12.7. The zero-order chi connectivity index (χ0) is 17.8. The number of anilines is 1. The van der Waals surface area contributed by atoms with Crippen LogP contribution in [0.2, 0.25) is 0 Å². The molecule has 0 aliphatic heterocycles. The van der Waals surface area contributed by atoms with E-state index in [1.165, 1.54) is 11.3 Å². The summed E-state index contributed by atoms with van der Waals surface area (Å²) < 4.78 is 1.89. The lowest BCUT2D eigenvalue weighted by molar-refractivity contribution is 0.102. The first-order valence-corrected chi connectivity index (χ1v) is 8.71. The van der Waals surface area contributed by atoms with Crippen molar-refractivity contribution in [3.8, 4) is 11.4 Å². The highest BCUT2D eigenvalue weighted by Crippen LogP contribution is 2.23. The Balaban J connectivity index is 1.77. The molecule has 3 rings (SSSR count). The first-order chi connectivity index (χ1) is 12.0. The molecule has 0 fully saturated rings. The van der Waals surface area contributed by atoms with Crippen LogP contribution in [0.1, 0.15) is 15.4 Å². The summed E-state index contributed by atoms with van der Waals surface area (Å²) in [7, 11) is 5.93. The van der Waals surface area contributed by atoms with Crippen molar-refractivity contribution in [1.29, 1.82) is 0 Å². The van der Waals surface area contributed by atoms with Crippen LogP contribution in [0.3, 0.4) is 0 Å². The fourth-order valence-electron chi connectivity index (χ4n) is 2.39. The van der Waals surface area contributed by atoms with Crippen LogP contribution in [0.5, 0.6) is 0 Å². The first-order valence-electron chi connectivity index (χ1n) is 7.90. The third-order valence-electron chi connectivity index (χ3n) is 3.69. The number of carbonyl (C=O) groups is 1. The number of hydrogen-bond acceptors (Lipinski definition) is 6. The Hall–Kier alpha value is -2.58. The predicted octanol–water partition coefficient (Wildman–Crippen LogP) is 2.29. The first kappa shape index (κ1) is 17.2. The van der Waals surface area contributed by atoms with Crippen molar-refractivity contribution < 1.29 is 4.79 Å². The van der Waals surface area contributed by atoms with Gasteiger partial charge in [0.1, 0.15) is 10.8 Å². The number of likely N-dealkylation sites (N-methyl/N-ethyl adjacent to an activating group) is 1. The SMILES string of the molecule is CN(C)CCc1nnc(NC(=O)c2ccccc2-c2nccn2C)s1. The van der Waals surface area contributed by atoms with Gasteiger partial charge in [0.2, 0.25) is 5.13 Å². The summed E-state index contributed by atoms with van der Waals surface area (Å²) in [5.41, 5.74) is 1.34. The van der Waals surface area contributed by atoms with Gasteiger partial charge in [-0.2, -0.15) is 0 Å². The highest BCUT2D eigenvalue weighted by molar-refractivity contribution is 7.15. The molecule has 0 unspecified atom stereocenters. The smallest absolute Gasteiger partial charge is 0.258 e. The molecule has 0 aliphatic rings. The Labute approximate surface area is 150 Å². The Morgan fingerprint density at radius 2 is 2.08 bits per heavy atom. The summed E-state index contributed by atoms with van der Waals surface area (Å²) in [4.78, 5) is 19.1. The van der Waals surface area contributed by atoms with Crippen LogP contribution in [-0.4, -0.2) is 51.2 Å². The molecule has 25 heavy (non-hydrogen) atoms. The van der Waals surface area contributed by atoms with Crippen LogP contribution < -0.4 is 5.32 Å². The normalized spacial score (nSPS) is 11.0. The van der Waals surface area contributed by atoms with E-state index in [0.717, 1.165) is 29.4 Å². The van der Waals surface area contributed by atoms with Crippen molar-refractivity contribution in [1.82, 2.24) is 24.6 Å². The molecule has 2 heterocycles. The van der Waals surface area contributed by atoms with Gasteiger partial charge in [-0.1, -0.05) is 29.5 Å². The van der Waals surface area contributed by atoms with Crippen LogP contribution in [0.25, 0.3) is 11.4 Å². The molecule has 0 bridgehead atoms. The molecule has 7 nitrogen and oxygen atoms in total. The Morgan fingerprint density at radius 3 is 2.80 bits per heavy atom. The molecule has 0 atom stereocenters. The van der Waals surface area contributed by atoms with Crippen LogP contribution in [0.4, 0.5) is 5.13 Å². The van der Waals surface area contributed by atoms with Crippen LogP contribution in [-0.2, 0) is 13.5 Å². The third kappa shape index (κ3) is 4.09. The van der Waals surface area contributed by atoms with Crippen molar-refractivity contribution >= 4 is 22.4 Å². The number of amides is 1. The van der Waals surface area contributed by atoms with Gasteiger partial charge < -0.3 is 9.47 Å². The second kappa shape index (κ2) is 7.54. The number of benzene rings is 1. The number of carbonyl (C=O) groups excluding carboxylic acids is 1. The lowest BCUT2D eigenvalue weighted by Crippen LogP contribution is -2.14. The van der Waals surface area contributed by atoms with E-state index in [0.29, 0.717) is 10.7 Å². The molecule has 8 heteroatoms. The van der Waals surface area contributed by atoms with E-state index in [2.05, 4.69) is 25.4 Å². The summed E-state index contributed by atoms with van der Waals surface area (Å²) in [6, 6.07) is 7.41. The number of aryl methyl sites for hydroxylation is 1. The molecule has 1 N–H and O–H groups in total. The average molecular weight is 356 g/mol. The molecule has 1 aromatic carbocycles. The van der Waals surface area contributed by atoms with Crippen molar-refractivity contribution in [2.24, 2.45) is 7.05 Å². The van der Waals surface area contributed by atoms with Gasteiger partial charge in [0.05, 0.1) is 5.56 Å². The number of hydrogen-bond donors (Lipinski definition) is 1. The Bertz CT molecular complexity index is 869. The molecule has 0 spiro atoms.